The lowest BCUT2D eigenvalue weighted by Crippen LogP contribution is -2.54. The summed E-state index contributed by atoms with van der Waals surface area (Å²) in [7, 11) is 0. The van der Waals surface area contributed by atoms with E-state index in [4.69, 9.17) is 0 Å². The molecule has 1 unspecified atom stereocenters. The average molecular weight is 498 g/mol. The van der Waals surface area contributed by atoms with Crippen molar-refractivity contribution in [1.82, 2.24) is 20.8 Å². The first-order valence-corrected chi connectivity index (χ1v) is 13.6. The van der Waals surface area contributed by atoms with Crippen molar-refractivity contribution in [3.63, 3.8) is 0 Å². The van der Waals surface area contributed by atoms with Crippen molar-refractivity contribution in [2.75, 3.05) is 31.1 Å². The molecule has 37 heavy (non-hydrogen) atoms. The number of phenols is 1. The molecule has 3 aromatic rings. The van der Waals surface area contributed by atoms with E-state index in [0.717, 1.165) is 69.0 Å². The molecule has 1 amide bonds. The predicted molar refractivity (Wildman–Crippen MR) is 144 cm³/mol. The molecular formula is C30H35N5O2. The lowest BCUT2D eigenvalue weighted by molar-refractivity contribution is -0.128. The molecule has 1 aliphatic carbocycles. The molecule has 2 aliphatic heterocycles. The first-order chi connectivity index (χ1) is 18.1. The van der Waals surface area contributed by atoms with Crippen LogP contribution in [0.15, 0.2) is 66.9 Å². The van der Waals surface area contributed by atoms with Gasteiger partial charge in [-0.1, -0.05) is 42.5 Å². The number of hydrogen-bond acceptors (Lipinski definition) is 6. The fraction of sp³-hybridized carbons (Fsp3) is 0.433. The van der Waals surface area contributed by atoms with Gasteiger partial charge in [-0.3, -0.25) is 4.79 Å². The van der Waals surface area contributed by atoms with Gasteiger partial charge in [0.25, 0.3) is 0 Å². The summed E-state index contributed by atoms with van der Waals surface area (Å²) in [6.45, 7) is 3.70. The van der Waals surface area contributed by atoms with E-state index in [2.05, 4.69) is 37.9 Å². The van der Waals surface area contributed by atoms with Crippen LogP contribution in [-0.4, -0.2) is 53.4 Å². The maximum Gasteiger partial charge on any atom is 0.231 e. The molecule has 0 spiro atoms. The molecule has 192 valence electrons. The van der Waals surface area contributed by atoms with Gasteiger partial charge in [-0.2, -0.15) is 10.2 Å². The lowest BCUT2D eigenvalue weighted by Gasteiger charge is -2.43. The van der Waals surface area contributed by atoms with Crippen molar-refractivity contribution in [3.8, 4) is 17.0 Å². The molecular weight excluding hydrogens is 462 g/mol. The maximum atomic E-state index is 14.0. The van der Waals surface area contributed by atoms with E-state index in [-0.39, 0.29) is 17.7 Å². The highest BCUT2D eigenvalue weighted by Crippen LogP contribution is 2.39. The molecule has 3 atom stereocenters. The van der Waals surface area contributed by atoms with Crippen LogP contribution in [0, 0.1) is 11.8 Å². The Morgan fingerprint density at radius 1 is 1.00 bits per heavy atom. The Hall–Kier alpha value is -3.45. The minimum absolute atomic E-state index is 0.176. The maximum absolute atomic E-state index is 14.0. The molecule has 6 rings (SSSR count). The van der Waals surface area contributed by atoms with E-state index in [1.807, 2.05) is 36.4 Å². The van der Waals surface area contributed by atoms with Crippen molar-refractivity contribution in [3.05, 3.63) is 72.4 Å². The second-order valence-corrected chi connectivity index (χ2v) is 10.9. The van der Waals surface area contributed by atoms with Gasteiger partial charge in [0.05, 0.1) is 23.0 Å². The van der Waals surface area contributed by atoms with Crippen LogP contribution in [0.3, 0.4) is 0 Å². The summed E-state index contributed by atoms with van der Waals surface area (Å²) in [5.74, 6) is 1.83. The molecule has 1 saturated carbocycles. The van der Waals surface area contributed by atoms with Gasteiger partial charge in [-0.15, -0.1) is 0 Å². The molecule has 3 aliphatic rings. The van der Waals surface area contributed by atoms with Crippen LogP contribution < -0.4 is 15.5 Å². The van der Waals surface area contributed by atoms with E-state index in [1.165, 1.54) is 6.42 Å². The van der Waals surface area contributed by atoms with Gasteiger partial charge < -0.3 is 20.6 Å². The van der Waals surface area contributed by atoms with E-state index < -0.39 is 5.41 Å². The number of para-hydroxylation sites is 1. The summed E-state index contributed by atoms with van der Waals surface area (Å²) >= 11 is 0. The molecule has 0 bridgehead atoms. The van der Waals surface area contributed by atoms with Crippen molar-refractivity contribution in [1.29, 1.82) is 0 Å². The number of amides is 1. The van der Waals surface area contributed by atoms with Gasteiger partial charge in [0.2, 0.25) is 5.91 Å². The standard InChI is InChI=1S/C30H35N5O2/c36-28-9-5-4-8-26(28)27-17-25(20-32-34-27)35-14-12-30(13-15-35,23-6-2-1-3-7-23)29(37)33-24-11-10-21-18-31-19-22(21)16-24/h1-9,17,20-22,24,31,36H,10-16,18-19H2,(H,33,37)/t21-,22+,24?/m1/s1. The summed E-state index contributed by atoms with van der Waals surface area (Å²) in [6.07, 6.45) is 6.59. The first kappa shape index (κ1) is 23.9. The summed E-state index contributed by atoms with van der Waals surface area (Å²) in [5.41, 5.74) is 2.83. The number of nitrogens with zero attached hydrogens (tertiary/aromatic N) is 3. The Morgan fingerprint density at radius 3 is 2.57 bits per heavy atom. The molecule has 3 heterocycles. The fourth-order valence-corrected chi connectivity index (χ4v) is 6.66. The highest BCUT2D eigenvalue weighted by molar-refractivity contribution is 5.89. The van der Waals surface area contributed by atoms with Gasteiger partial charge in [0, 0.05) is 24.7 Å². The SMILES string of the molecule is O=C(NC1CC[C@@H]2CNC[C@@H]2C1)C1(c2ccccc2)CCN(c2cnnc(-c3ccccc3O)c2)CC1. The molecule has 3 fully saturated rings. The number of hydrogen-bond donors (Lipinski definition) is 3. The fourth-order valence-electron chi connectivity index (χ4n) is 6.66. The molecule has 7 heteroatoms. The number of rotatable bonds is 5. The number of fused-ring (bicyclic) bond motifs is 1. The molecule has 2 aromatic carbocycles. The van der Waals surface area contributed by atoms with Crippen molar-refractivity contribution >= 4 is 11.6 Å². The van der Waals surface area contributed by atoms with E-state index in [1.54, 1.807) is 18.3 Å². The first-order valence-electron chi connectivity index (χ1n) is 13.6. The second-order valence-electron chi connectivity index (χ2n) is 10.9. The zero-order chi connectivity index (χ0) is 25.2. The van der Waals surface area contributed by atoms with Gasteiger partial charge in [0.15, 0.2) is 0 Å². The Kier molecular flexibility index (Phi) is 6.55. The molecule has 7 nitrogen and oxygen atoms in total. The Bertz CT molecular complexity index is 1240. The zero-order valence-electron chi connectivity index (χ0n) is 21.1. The third kappa shape index (κ3) is 4.68. The number of piperidine rings is 1. The number of benzene rings is 2. The van der Waals surface area contributed by atoms with Gasteiger partial charge in [-0.25, -0.2) is 0 Å². The average Bonchev–Trinajstić information content (AvgIpc) is 3.42. The van der Waals surface area contributed by atoms with Crippen LogP contribution in [0.4, 0.5) is 5.69 Å². The van der Waals surface area contributed by atoms with Crippen molar-refractivity contribution in [2.24, 2.45) is 11.8 Å². The predicted octanol–water partition coefficient (Wildman–Crippen LogP) is 3.89. The van der Waals surface area contributed by atoms with E-state index in [0.29, 0.717) is 17.2 Å². The lowest BCUT2D eigenvalue weighted by atomic mass is 9.71. The number of aromatic nitrogens is 2. The second kappa shape index (κ2) is 10.1. The summed E-state index contributed by atoms with van der Waals surface area (Å²) in [5, 5.41) is 25.8. The zero-order valence-corrected chi connectivity index (χ0v) is 21.1. The van der Waals surface area contributed by atoms with Crippen molar-refractivity contribution in [2.45, 2.75) is 43.6 Å². The molecule has 1 aromatic heterocycles. The molecule has 3 N–H and O–H groups in total. The van der Waals surface area contributed by atoms with Crippen molar-refractivity contribution < 1.29 is 9.90 Å². The normalized spacial score (nSPS) is 24.9. The monoisotopic (exact) mass is 497 g/mol. The Labute approximate surface area is 218 Å². The van der Waals surface area contributed by atoms with E-state index in [9.17, 15) is 9.90 Å². The smallest absolute Gasteiger partial charge is 0.231 e. The topological polar surface area (TPSA) is 90.4 Å². The van der Waals surface area contributed by atoms with Crippen LogP contribution in [0.1, 0.15) is 37.7 Å². The number of phenolic OH excluding ortho intramolecular Hbond substituents is 1. The summed E-state index contributed by atoms with van der Waals surface area (Å²) in [6, 6.07) is 19.7. The highest BCUT2D eigenvalue weighted by Gasteiger charge is 2.44. The van der Waals surface area contributed by atoms with Gasteiger partial charge >= 0.3 is 0 Å². The van der Waals surface area contributed by atoms with Gasteiger partial charge in [-0.05, 0) is 80.8 Å². The van der Waals surface area contributed by atoms with Gasteiger partial charge in [0.1, 0.15) is 5.75 Å². The molecule has 2 saturated heterocycles. The van der Waals surface area contributed by atoms with Crippen LogP contribution in [0.5, 0.6) is 5.75 Å². The Morgan fingerprint density at radius 2 is 1.76 bits per heavy atom. The quantitative estimate of drug-likeness (QED) is 0.496. The number of carbonyl (C=O) groups excluding carboxylic acids is 1. The Balaban J connectivity index is 1.20. The number of aromatic hydroxyl groups is 1. The van der Waals surface area contributed by atoms with E-state index >= 15 is 0 Å². The third-order valence-corrected chi connectivity index (χ3v) is 8.85. The number of nitrogens with one attached hydrogen (secondary N) is 2. The van der Waals surface area contributed by atoms with Crippen LogP contribution >= 0.6 is 0 Å². The molecule has 0 radical (unpaired) electrons. The minimum Gasteiger partial charge on any atom is -0.507 e. The largest absolute Gasteiger partial charge is 0.507 e. The van der Waals surface area contributed by atoms with Crippen LogP contribution in [0.2, 0.25) is 0 Å². The summed E-state index contributed by atoms with van der Waals surface area (Å²) in [4.78, 5) is 16.3. The van der Waals surface area contributed by atoms with Crippen LogP contribution in [-0.2, 0) is 10.2 Å². The summed E-state index contributed by atoms with van der Waals surface area (Å²) < 4.78 is 0. The highest BCUT2D eigenvalue weighted by atomic mass is 16.3. The van der Waals surface area contributed by atoms with Crippen LogP contribution in [0.25, 0.3) is 11.3 Å². The third-order valence-electron chi connectivity index (χ3n) is 8.85. The number of anilines is 1. The minimum atomic E-state index is -0.538. The number of carbonyl (C=O) groups is 1.